The molecule has 0 unspecified atom stereocenters. The molecule has 65 heavy (non-hydrogen) atoms. The number of aliphatic carboxylic acids is 1. The van der Waals surface area contributed by atoms with Gasteiger partial charge in [-0.1, -0.05) is 153 Å². The minimum Gasteiger partial charge on any atom is -0.480 e. The lowest BCUT2D eigenvalue weighted by molar-refractivity contribution is -0.142. The number of carbonyl (C=O) groups excluding carboxylic acids is 6. The molecule has 5 atom stereocenters. The fraction of sp³-hybridized carbons (Fsp3) is 0.620. The Hall–Kier alpha value is -4.92. The summed E-state index contributed by atoms with van der Waals surface area (Å²) in [6, 6.07) is 13.8. The van der Waals surface area contributed by atoms with Gasteiger partial charge in [0.15, 0.2) is 0 Å². The zero-order chi connectivity index (χ0) is 48.0. The van der Waals surface area contributed by atoms with Crippen LogP contribution in [0.25, 0.3) is 0 Å². The number of nitrogens with one attached hydrogen (secondary N) is 5. The van der Waals surface area contributed by atoms with Crippen molar-refractivity contribution in [2.75, 3.05) is 12.0 Å². The van der Waals surface area contributed by atoms with Crippen molar-refractivity contribution in [2.45, 2.75) is 173 Å². The maximum atomic E-state index is 13.5. The molecule has 15 heteroatoms. The van der Waals surface area contributed by atoms with Crippen molar-refractivity contribution < 1.29 is 38.7 Å². The van der Waals surface area contributed by atoms with Crippen LogP contribution in [0.15, 0.2) is 60.7 Å². The average Bonchev–Trinajstić information content (AvgIpc) is 3.26. The second-order valence-corrected chi connectivity index (χ2v) is 18.9. The number of rotatable bonds is 35. The lowest BCUT2D eigenvalue weighted by Crippen LogP contribution is -2.58. The monoisotopic (exact) mass is 923 g/mol. The van der Waals surface area contributed by atoms with Gasteiger partial charge in [-0.25, -0.2) is 4.79 Å². The number of carbonyl (C=O) groups is 7. The second kappa shape index (κ2) is 32.7. The molecule has 0 aliphatic rings. The van der Waals surface area contributed by atoms with E-state index in [1.807, 2.05) is 94.6 Å². The Labute approximate surface area is 391 Å². The van der Waals surface area contributed by atoms with Crippen molar-refractivity contribution >= 4 is 53.2 Å². The highest BCUT2D eigenvalue weighted by Crippen LogP contribution is 2.15. The molecule has 2 aromatic rings. The van der Waals surface area contributed by atoms with Gasteiger partial charge in [0.25, 0.3) is 0 Å². The highest BCUT2D eigenvalue weighted by Gasteiger charge is 2.31. The number of hydrogen-bond acceptors (Lipinski definition) is 8. The molecule has 0 spiro atoms. The Morgan fingerprint density at radius 2 is 0.954 bits per heavy atom. The number of carboxylic acids is 1. The van der Waals surface area contributed by atoms with E-state index in [-0.39, 0.29) is 36.5 Å². The number of nitrogens with two attached hydrogens (primary N) is 1. The summed E-state index contributed by atoms with van der Waals surface area (Å²) in [5, 5.41) is 23.6. The van der Waals surface area contributed by atoms with Crippen LogP contribution >= 0.6 is 11.8 Å². The third kappa shape index (κ3) is 24.8. The van der Waals surface area contributed by atoms with Crippen molar-refractivity contribution in [3.63, 3.8) is 0 Å². The van der Waals surface area contributed by atoms with Crippen LogP contribution in [0.1, 0.15) is 142 Å². The highest BCUT2D eigenvalue weighted by molar-refractivity contribution is 7.98. The molecule has 362 valence electrons. The van der Waals surface area contributed by atoms with Gasteiger partial charge in [0.05, 0.1) is 0 Å². The molecule has 14 nitrogen and oxygen atoms in total. The van der Waals surface area contributed by atoms with Gasteiger partial charge in [0.2, 0.25) is 35.4 Å². The summed E-state index contributed by atoms with van der Waals surface area (Å²) in [4.78, 5) is 89.7. The molecule has 2 rings (SSSR count). The first kappa shape index (κ1) is 56.2. The van der Waals surface area contributed by atoms with Crippen LogP contribution in [0.2, 0.25) is 0 Å². The van der Waals surface area contributed by atoms with Crippen LogP contribution in [0, 0.1) is 11.8 Å². The number of benzene rings is 2. The van der Waals surface area contributed by atoms with Crippen LogP contribution in [0.3, 0.4) is 0 Å². The molecule has 0 saturated heterocycles. The topological polar surface area (TPSA) is 226 Å². The van der Waals surface area contributed by atoms with Gasteiger partial charge in [-0.2, -0.15) is 11.8 Å². The Morgan fingerprint density at radius 1 is 0.538 bits per heavy atom. The molecular weight excluding hydrogens is 845 g/mol. The van der Waals surface area contributed by atoms with Gasteiger partial charge in [-0.05, 0) is 60.7 Å². The maximum Gasteiger partial charge on any atom is 0.326 e. The van der Waals surface area contributed by atoms with Crippen LogP contribution in [-0.2, 0) is 46.4 Å². The molecule has 8 N–H and O–H groups in total. The van der Waals surface area contributed by atoms with Gasteiger partial charge in [0, 0.05) is 25.7 Å². The van der Waals surface area contributed by atoms with Gasteiger partial charge in [0.1, 0.15) is 30.2 Å². The summed E-state index contributed by atoms with van der Waals surface area (Å²) in [7, 11) is 0. The standard InChI is InChI=1S/C50H78N6O8S/c1-35(2)32-41(48(61)53-40(46(51)59)33-37-24-18-16-19-25-37)54-49(62)45(36(3)4)56-44(58)29-23-15-13-11-9-7-6-8-10-12-14-22-28-43(57)52-39(30-31-65-5)47(60)55-42(50(63)64)34-38-26-20-17-21-27-38/h16-21,24-27,35-36,39-42,45H,6-15,22-23,28-34H2,1-5H3,(H2,51,59)(H,52,57)(H,53,61)(H,54,62)(H,55,60)(H,56,58)(H,63,64)/t39-,40-,41-,42-,45-/m0/s1. The van der Waals surface area contributed by atoms with Crippen LogP contribution < -0.4 is 32.3 Å². The van der Waals surface area contributed by atoms with Gasteiger partial charge < -0.3 is 37.4 Å². The van der Waals surface area contributed by atoms with E-state index in [0.29, 0.717) is 31.4 Å². The number of carboxylic acid groups (broad SMARTS) is 1. The van der Waals surface area contributed by atoms with Crippen molar-refractivity contribution in [2.24, 2.45) is 17.6 Å². The molecule has 0 radical (unpaired) electrons. The quantitative estimate of drug-likeness (QED) is 0.0380. The van der Waals surface area contributed by atoms with Crippen molar-refractivity contribution in [3.05, 3.63) is 71.8 Å². The molecule has 0 aliphatic heterocycles. The zero-order valence-corrected chi connectivity index (χ0v) is 40.4. The predicted molar refractivity (Wildman–Crippen MR) is 259 cm³/mol. The lowest BCUT2D eigenvalue weighted by Gasteiger charge is -2.27. The molecule has 0 bridgehead atoms. The minimum absolute atomic E-state index is 0.0676. The van der Waals surface area contributed by atoms with E-state index in [1.54, 1.807) is 11.8 Å². The van der Waals surface area contributed by atoms with Crippen molar-refractivity contribution in [1.29, 1.82) is 0 Å². The summed E-state index contributed by atoms with van der Waals surface area (Å²) >= 11 is 1.56. The zero-order valence-electron chi connectivity index (χ0n) is 39.5. The lowest BCUT2D eigenvalue weighted by atomic mass is 9.99. The summed E-state index contributed by atoms with van der Waals surface area (Å²) in [6.45, 7) is 7.57. The molecule has 0 fully saturated rings. The molecule has 0 heterocycles. The predicted octanol–water partition coefficient (Wildman–Crippen LogP) is 6.38. The van der Waals surface area contributed by atoms with Gasteiger partial charge in [-0.3, -0.25) is 28.8 Å². The first-order valence-electron chi connectivity index (χ1n) is 23.7. The van der Waals surface area contributed by atoms with Crippen LogP contribution in [0.5, 0.6) is 0 Å². The van der Waals surface area contributed by atoms with Gasteiger partial charge >= 0.3 is 5.97 Å². The molecule has 2 aromatic carbocycles. The SMILES string of the molecule is CSCC[C@H](NC(=O)CCCCCCCCCCCCCCC(=O)N[C@H](C(=O)N[C@@H](CC(C)C)C(=O)N[C@@H](Cc1ccccc1)C(N)=O)C(C)C)C(=O)N[C@@H](Cc1ccccc1)C(=O)O. The Balaban J connectivity index is 1.61. The Kier molecular flexibility index (Phi) is 28.3. The first-order chi connectivity index (χ1) is 31.1. The fourth-order valence-corrected chi connectivity index (χ4v) is 7.99. The normalized spacial score (nSPS) is 13.5. The minimum atomic E-state index is -1.12. The fourth-order valence-electron chi connectivity index (χ4n) is 7.52. The molecule has 0 aliphatic carbocycles. The van der Waals surface area contributed by atoms with Crippen molar-refractivity contribution in [1.82, 2.24) is 26.6 Å². The van der Waals surface area contributed by atoms with E-state index in [2.05, 4.69) is 26.6 Å². The smallest absolute Gasteiger partial charge is 0.326 e. The van der Waals surface area contributed by atoms with Crippen LogP contribution in [0.4, 0.5) is 0 Å². The van der Waals surface area contributed by atoms with E-state index >= 15 is 0 Å². The third-order valence-corrected chi connectivity index (χ3v) is 11.9. The Morgan fingerprint density at radius 3 is 1.38 bits per heavy atom. The molecule has 0 saturated carbocycles. The number of unbranched alkanes of at least 4 members (excludes halogenated alkanes) is 11. The largest absolute Gasteiger partial charge is 0.480 e. The van der Waals surface area contributed by atoms with E-state index in [0.717, 1.165) is 88.2 Å². The number of hydrogen-bond donors (Lipinski definition) is 7. The van der Waals surface area contributed by atoms with E-state index in [9.17, 15) is 38.7 Å². The number of primary amides is 1. The summed E-state index contributed by atoms with van der Waals surface area (Å²) in [5.41, 5.74) is 7.27. The van der Waals surface area contributed by atoms with Gasteiger partial charge in [-0.15, -0.1) is 0 Å². The summed E-state index contributed by atoms with van der Waals surface area (Å²) in [5.74, 6) is -3.11. The Bertz CT molecular complexity index is 1730. The van der Waals surface area contributed by atoms with Crippen molar-refractivity contribution in [3.8, 4) is 0 Å². The van der Waals surface area contributed by atoms with E-state index in [4.69, 9.17) is 5.73 Å². The average molecular weight is 923 g/mol. The number of thioether (sulfide) groups is 1. The highest BCUT2D eigenvalue weighted by atomic mass is 32.2. The van der Waals surface area contributed by atoms with E-state index in [1.165, 1.54) is 0 Å². The first-order valence-corrected chi connectivity index (χ1v) is 25.1. The summed E-state index contributed by atoms with van der Waals surface area (Å²) < 4.78 is 0. The molecule has 0 aromatic heterocycles. The molecule has 6 amide bonds. The van der Waals surface area contributed by atoms with E-state index < -0.39 is 59.8 Å². The maximum absolute atomic E-state index is 13.5. The van der Waals surface area contributed by atoms with Crippen LogP contribution in [-0.4, -0.2) is 88.7 Å². The summed E-state index contributed by atoms with van der Waals surface area (Å²) in [6.07, 6.45) is 15.8. The number of amides is 6. The second-order valence-electron chi connectivity index (χ2n) is 17.9. The third-order valence-electron chi connectivity index (χ3n) is 11.3. The molecular formula is C50H78N6O8S.